The van der Waals surface area contributed by atoms with Crippen LogP contribution in [0.15, 0.2) is 84.9 Å². The Morgan fingerprint density at radius 2 is 1.38 bits per heavy atom. The molecule has 0 heterocycles. The van der Waals surface area contributed by atoms with Crippen molar-refractivity contribution in [3.63, 3.8) is 0 Å². The van der Waals surface area contributed by atoms with Crippen LogP contribution in [0.1, 0.15) is 56.2 Å². The van der Waals surface area contributed by atoms with E-state index in [-0.39, 0.29) is 31.4 Å². The lowest BCUT2D eigenvalue weighted by atomic mass is 9.97. The molecule has 3 aromatic carbocycles. The van der Waals surface area contributed by atoms with Crippen LogP contribution in [0, 0.1) is 11.8 Å². The van der Waals surface area contributed by atoms with Crippen LogP contribution in [0.2, 0.25) is 0 Å². The van der Waals surface area contributed by atoms with Gasteiger partial charge in [-0.25, -0.2) is 4.79 Å². The van der Waals surface area contributed by atoms with E-state index in [4.69, 9.17) is 15.2 Å². The minimum absolute atomic E-state index is 0.0181. The Morgan fingerprint density at radius 3 is 1.96 bits per heavy atom. The molecule has 0 saturated carbocycles. The molecule has 0 aromatic heterocycles. The summed E-state index contributed by atoms with van der Waals surface area (Å²) in [5.41, 5.74) is 8.96. The predicted molar refractivity (Wildman–Crippen MR) is 174 cm³/mol. The summed E-state index contributed by atoms with van der Waals surface area (Å²) >= 11 is 0. The van der Waals surface area contributed by atoms with E-state index >= 15 is 0 Å². The van der Waals surface area contributed by atoms with Crippen LogP contribution in [0.25, 0.3) is 0 Å². The van der Waals surface area contributed by atoms with Crippen molar-refractivity contribution in [1.82, 2.24) is 10.6 Å². The maximum atomic E-state index is 13.3. The van der Waals surface area contributed by atoms with E-state index in [1.807, 2.05) is 72.8 Å². The maximum Gasteiger partial charge on any atom is 0.329 e. The summed E-state index contributed by atoms with van der Waals surface area (Å²) in [6.45, 7) is 3.78. The van der Waals surface area contributed by atoms with Crippen molar-refractivity contribution in [2.45, 2.75) is 71.2 Å². The van der Waals surface area contributed by atoms with E-state index in [1.165, 1.54) is 5.56 Å². The Labute approximate surface area is 266 Å². The number of hydrogen-bond donors (Lipinski definition) is 4. The summed E-state index contributed by atoms with van der Waals surface area (Å²) < 4.78 is 11.3. The number of unbranched alkanes of at least 4 members (excludes halogenated alkanes) is 2. The van der Waals surface area contributed by atoms with Gasteiger partial charge in [0.05, 0.1) is 0 Å². The molecule has 0 fully saturated rings. The quantitative estimate of drug-likeness (QED) is 0.116. The van der Waals surface area contributed by atoms with Crippen molar-refractivity contribution in [3.05, 3.63) is 102 Å². The van der Waals surface area contributed by atoms with E-state index in [0.29, 0.717) is 13.0 Å². The van der Waals surface area contributed by atoms with Crippen molar-refractivity contribution in [2.24, 2.45) is 17.6 Å². The van der Waals surface area contributed by atoms with E-state index < -0.39 is 36.5 Å². The third-order valence-electron chi connectivity index (χ3n) is 7.59. The van der Waals surface area contributed by atoms with Gasteiger partial charge in [-0.2, -0.15) is 0 Å². The highest BCUT2D eigenvalue weighted by atomic mass is 16.5. The normalized spacial score (nSPS) is 13.0. The zero-order chi connectivity index (χ0) is 32.4. The molecule has 0 radical (unpaired) electrons. The molecule has 3 rings (SSSR count). The fraction of sp³-hybridized carbons (Fsp3) is 0.417. The number of carbonyl (C=O) groups is 3. The lowest BCUT2D eigenvalue weighted by molar-refractivity contribution is -0.150. The van der Waals surface area contributed by atoms with Gasteiger partial charge in [0.15, 0.2) is 0 Å². The van der Waals surface area contributed by atoms with Gasteiger partial charge in [0, 0.05) is 18.9 Å². The minimum Gasteiger partial charge on any atom is -0.489 e. The number of ether oxygens (including phenoxy) is 2. The van der Waals surface area contributed by atoms with Crippen LogP contribution < -0.4 is 21.1 Å². The monoisotopic (exact) mass is 617 g/mol. The van der Waals surface area contributed by atoms with Gasteiger partial charge in [-0.1, -0.05) is 93.1 Å². The Hall–Kier alpha value is -4.21. The number of rotatable bonds is 19. The fourth-order valence-corrected chi connectivity index (χ4v) is 4.80. The van der Waals surface area contributed by atoms with Crippen LogP contribution >= 0.6 is 0 Å². The molecule has 0 saturated heterocycles. The Morgan fingerprint density at radius 1 is 0.756 bits per heavy atom. The highest BCUT2D eigenvalue weighted by Crippen LogP contribution is 2.17. The highest BCUT2D eigenvalue weighted by molar-refractivity contribution is 5.91. The second-order valence-electron chi connectivity index (χ2n) is 11.5. The SMILES string of the molecule is CC(C)C(NC(=O)C(NC(=O)CCCCCc1ccc(OCc2ccccc2)cc1)C(CN)CO)C(=O)OCc1ccccc1. The average Bonchev–Trinajstić information content (AvgIpc) is 3.06. The Kier molecular flexibility index (Phi) is 15.1. The lowest BCUT2D eigenvalue weighted by Crippen LogP contribution is -2.57. The summed E-state index contributed by atoms with van der Waals surface area (Å²) in [6.07, 6.45) is 3.49. The van der Waals surface area contributed by atoms with E-state index in [9.17, 15) is 19.5 Å². The van der Waals surface area contributed by atoms with Crippen molar-refractivity contribution >= 4 is 17.8 Å². The first kappa shape index (κ1) is 35.3. The van der Waals surface area contributed by atoms with Crippen LogP contribution in [0.4, 0.5) is 0 Å². The maximum absolute atomic E-state index is 13.3. The molecule has 9 nitrogen and oxygen atoms in total. The van der Waals surface area contributed by atoms with E-state index in [1.54, 1.807) is 13.8 Å². The number of hydrogen-bond acceptors (Lipinski definition) is 7. The zero-order valence-electron chi connectivity index (χ0n) is 26.3. The molecule has 3 unspecified atom stereocenters. The summed E-state index contributed by atoms with van der Waals surface area (Å²) in [4.78, 5) is 39.0. The number of nitrogens with one attached hydrogen (secondary N) is 2. The number of esters is 1. The van der Waals surface area contributed by atoms with Gasteiger partial charge in [0.25, 0.3) is 0 Å². The Balaban J connectivity index is 1.43. The number of aliphatic hydroxyl groups excluding tert-OH is 1. The van der Waals surface area contributed by atoms with Gasteiger partial charge in [0.2, 0.25) is 11.8 Å². The molecule has 242 valence electrons. The molecular formula is C36H47N3O6. The lowest BCUT2D eigenvalue weighted by Gasteiger charge is -2.28. The van der Waals surface area contributed by atoms with Crippen LogP contribution in [-0.4, -0.2) is 48.1 Å². The fourth-order valence-electron chi connectivity index (χ4n) is 4.80. The molecule has 0 aliphatic rings. The zero-order valence-corrected chi connectivity index (χ0v) is 26.3. The van der Waals surface area contributed by atoms with Crippen molar-refractivity contribution in [2.75, 3.05) is 13.2 Å². The smallest absolute Gasteiger partial charge is 0.329 e. The molecule has 9 heteroatoms. The van der Waals surface area contributed by atoms with E-state index in [0.717, 1.165) is 36.1 Å². The molecule has 0 bridgehead atoms. The van der Waals surface area contributed by atoms with Gasteiger partial charge < -0.3 is 30.9 Å². The number of nitrogens with two attached hydrogens (primary N) is 1. The van der Waals surface area contributed by atoms with Crippen LogP contribution in [-0.2, 0) is 38.8 Å². The number of aliphatic hydroxyl groups is 1. The topological polar surface area (TPSA) is 140 Å². The van der Waals surface area contributed by atoms with Crippen molar-refractivity contribution in [1.29, 1.82) is 0 Å². The molecular weight excluding hydrogens is 570 g/mol. The minimum atomic E-state index is -1.08. The molecule has 45 heavy (non-hydrogen) atoms. The number of aryl methyl sites for hydroxylation is 1. The first-order valence-corrected chi connectivity index (χ1v) is 15.7. The summed E-state index contributed by atoms with van der Waals surface area (Å²) in [5, 5.41) is 15.3. The predicted octanol–water partition coefficient (Wildman–Crippen LogP) is 4.30. The second-order valence-corrected chi connectivity index (χ2v) is 11.5. The van der Waals surface area contributed by atoms with Gasteiger partial charge in [-0.05, 0) is 60.5 Å². The molecule has 0 spiro atoms. The van der Waals surface area contributed by atoms with E-state index in [2.05, 4.69) is 22.8 Å². The summed E-state index contributed by atoms with van der Waals surface area (Å²) in [5.74, 6) is -1.62. The Bertz CT molecular complexity index is 1300. The molecule has 0 aliphatic heterocycles. The third-order valence-corrected chi connectivity index (χ3v) is 7.59. The highest BCUT2D eigenvalue weighted by Gasteiger charge is 2.33. The van der Waals surface area contributed by atoms with Crippen molar-refractivity contribution < 1.29 is 29.0 Å². The van der Waals surface area contributed by atoms with Crippen LogP contribution in [0.3, 0.4) is 0 Å². The number of amides is 2. The molecule has 5 N–H and O–H groups in total. The van der Waals surface area contributed by atoms with Crippen LogP contribution in [0.5, 0.6) is 5.75 Å². The first-order chi connectivity index (χ1) is 21.8. The molecule has 0 aliphatic carbocycles. The van der Waals surface area contributed by atoms with Gasteiger partial charge in [-0.15, -0.1) is 0 Å². The largest absolute Gasteiger partial charge is 0.489 e. The van der Waals surface area contributed by atoms with Gasteiger partial charge in [0.1, 0.15) is 31.0 Å². The molecule has 3 aromatic rings. The first-order valence-electron chi connectivity index (χ1n) is 15.7. The van der Waals surface area contributed by atoms with Gasteiger partial charge in [-0.3, -0.25) is 9.59 Å². The average molecular weight is 618 g/mol. The van der Waals surface area contributed by atoms with Gasteiger partial charge >= 0.3 is 5.97 Å². The molecule has 2 amide bonds. The number of carbonyl (C=O) groups excluding carboxylic acids is 3. The van der Waals surface area contributed by atoms with Crippen molar-refractivity contribution in [3.8, 4) is 5.75 Å². The number of benzene rings is 3. The molecule has 3 atom stereocenters. The standard InChI is InChI=1S/C36H47N3O6/c1-26(2)33(36(43)45-25-29-15-9-4-10-16-29)39-35(42)34(30(22-37)23-40)38-32(41)17-11-5-6-12-27-18-20-31(21-19-27)44-24-28-13-7-3-8-14-28/h3-4,7-10,13-16,18-21,26,30,33-34,40H,5-6,11-12,17,22-25,37H2,1-2H3,(H,38,41)(H,39,42). The summed E-state index contributed by atoms with van der Waals surface area (Å²) in [6, 6.07) is 25.3. The summed E-state index contributed by atoms with van der Waals surface area (Å²) in [7, 11) is 0. The second kappa shape index (κ2) is 19.2. The third kappa shape index (κ3) is 12.4.